The van der Waals surface area contributed by atoms with E-state index in [1.54, 1.807) is 0 Å². The molecule has 0 aromatic heterocycles. The van der Waals surface area contributed by atoms with Gasteiger partial charge in [-0.1, -0.05) is 29.8 Å². The van der Waals surface area contributed by atoms with Crippen LogP contribution in [0.4, 0.5) is 0 Å². The molecule has 0 amide bonds. The van der Waals surface area contributed by atoms with E-state index in [4.69, 9.17) is 9.47 Å². The number of benzene rings is 1. The molecule has 108 valence electrons. The summed E-state index contributed by atoms with van der Waals surface area (Å²) in [4.78, 5) is 0. The molecular formula is C15H24BrNO2. The summed E-state index contributed by atoms with van der Waals surface area (Å²) in [5.74, 6) is 1.61. The summed E-state index contributed by atoms with van der Waals surface area (Å²) in [6.45, 7) is 7.24. The van der Waals surface area contributed by atoms with Gasteiger partial charge in [-0.3, -0.25) is 0 Å². The maximum Gasteiger partial charge on any atom is 0.123 e. The zero-order chi connectivity index (χ0) is 14.1. The van der Waals surface area contributed by atoms with Crippen molar-refractivity contribution in [2.24, 2.45) is 5.92 Å². The van der Waals surface area contributed by atoms with Crippen molar-refractivity contribution in [3.05, 3.63) is 28.2 Å². The molecule has 0 aliphatic carbocycles. The SMILES string of the molecule is CNCc1cc(Br)ccc1OCCOCCC(C)C. The summed E-state index contributed by atoms with van der Waals surface area (Å²) in [6, 6.07) is 6.06. The van der Waals surface area contributed by atoms with Gasteiger partial charge in [0.15, 0.2) is 0 Å². The van der Waals surface area contributed by atoms with Crippen molar-refractivity contribution in [1.82, 2.24) is 5.32 Å². The lowest BCUT2D eigenvalue weighted by Gasteiger charge is -2.12. The highest BCUT2D eigenvalue weighted by molar-refractivity contribution is 9.10. The normalized spacial score (nSPS) is 11.0. The van der Waals surface area contributed by atoms with E-state index in [9.17, 15) is 0 Å². The lowest BCUT2D eigenvalue weighted by molar-refractivity contribution is 0.0922. The quantitative estimate of drug-likeness (QED) is 0.702. The molecule has 0 radical (unpaired) electrons. The zero-order valence-electron chi connectivity index (χ0n) is 12.0. The molecule has 19 heavy (non-hydrogen) atoms. The summed E-state index contributed by atoms with van der Waals surface area (Å²) in [5, 5.41) is 3.14. The first kappa shape index (κ1) is 16.5. The van der Waals surface area contributed by atoms with E-state index in [2.05, 4.69) is 41.2 Å². The standard InChI is InChI=1S/C15H24BrNO2/c1-12(2)6-7-18-8-9-19-15-5-4-14(16)10-13(15)11-17-3/h4-5,10,12,17H,6-9,11H2,1-3H3. The fourth-order valence-corrected chi connectivity index (χ4v) is 2.06. The second kappa shape index (κ2) is 9.34. The number of halogens is 1. The molecule has 0 aliphatic heterocycles. The van der Waals surface area contributed by atoms with Gasteiger partial charge in [-0.05, 0) is 37.6 Å². The van der Waals surface area contributed by atoms with Gasteiger partial charge in [0.1, 0.15) is 12.4 Å². The highest BCUT2D eigenvalue weighted by Crippen LogP contribution is 2.23. The van der Waals surface area contributed by atoms with Crippen LogP contribution in [0.5, 0.6) is 5.75 Å². The van der Waals surface area contributed by atoms with Crippen LogP contribution < -0.4 is 10.1 Å². The minimum atomic E-state index is 0.594. The Morgan fingerprint density at radius 3 is 2.68 bits per heavy atom. The molecule has 0 aliphatic rings. The predicted molar refractivity (Wildman–Crippen MR) is 82.7 cm³/mol. The van der Waals surface area contributed by atoms with Gasteiger partial charge in [0.2, 0.25) is 0 Å². The Labute approximate surface area is 124 Å². The third-order valence-corrected chi connectivity index (χ3v) is 3.21. The van der Waals surface area contributed by atoms with Crippen molar-refractivity contribution < 1.29 is 9.47 Å². The molecule has 4 heteroatoms. The first-order valence-corrected chi connectivity index (χ1v) is 7.56. The second-order valence-electron chi connectivity index (χ2n) is 4.93. The van der Waals surface area contributed by atoms with Crippen LogP contribution in [-0.4, -0.2) is 26.9 Å². The fraction of sp³-hybridized carbons (Fsp3) is 0.600. The molecule has 0 heterocycles. The van der Waals surface area contributed by atoms with Gasteiger partial charge in [0.25, 0.3) is 0 Å². The van der Waals surface area contributed by atoms with Gasteiger partial charge >= 0.3 is 0 Å². The molecule has 1 aromatic rings. The Morgan fingerprint density at radius 2 is 2.00 bits per heavy atom. The molecule has 1 rings (SSSR count). The van der Waals surface area contributed by atoms with E-state index >= 15 is 0 Å². The van der Waals surface area contributed by atoms with Crippen molar-refractivity contribution in [2.75, 3.05) is 26.9 Å². The molecule has 0 bridgehead atoms. The Balaban J connectivity index is 2.32. The minimum Gasteiger partial charge on any atom is -0.491 e. The second-order valence-corrected chi connectivity index (χ2v) is 5.84. The van der Waals surface area contributed by atoms with Gasteiger partial charge in [0, 0.05) is 23.2 Å². The van der Waals surface area contributed by atoms with Gasteiger partial charge in [-0.25, -0.2) is 0 Å². The Bertz CT molecular complexity index is 369. The van der Waals surface area contributed by atoms with Gasteiger partial charge in [-0.2, -0.15) is 0 Å². The van der Waals surface area contributed by atoms with Crippen LogP contribution in [0.15, 0.2) is 22.7 Å². The molecule has 0 fully saturated rings. The average Bonchev–Trinajstić information content (AvgIpc) is 2.36. The number of hydrogen-bond donors (Lipinski definition) is 1. The highest BCUT2D eigenvalue weighted by atomic mass is 79.9. The third kappa shape index (κ3) is 6.95. The summed E-state index contributed by atoms with van der Waals surface area (Å²) < 4.78 is 12.4. The number of rotatable bonds is 9. The molecule has 0 unspecified atom stereocenters. The van der Waals surface area contributed by atoms with E-state index < -0.39 is 0 Å². The minimum absolute atomic E-state index is 0.594. The topological polar surface area (TPSA) is 30.5 Å². The van der Waals surface area contributed by atoms with Crippen molar-refractivity contribution >= 4 is 15.9 Å². The Morgan fingerprint density at radius 1 is 1.21 bits per heavy atom. The maximum absolute atomic E-state index is 5.77. The van der Waals surface area contributed by atoms with Gasteiger partial charge in [-0.15, -0.1) is 0 Å². The number of nitrogens with one attached hydrogen (secondary N) is 1. The molecule has 0 atom stereocenters. The van der Waals surface area contributed by atoms with Crippen LogP contribution in [0.1, 0.15) is 25.8 Å². The van der Waals surface area contributed by atoms with Crippen LogP contribution in [0, 0.1) is 5.92 Å². The van der Waals surface area contributed by atoms with E-state index in [1.165, 1.54) is 0 Å². The molecule has 1 aromatic carbocycles. The monoisotopic (exact) mass is 329 g/mol. The first-order valence-electron chi connectivity index (χ1n) is 6.77. The maximum atomic E-state index is 5.77. The first-order chi connectivity index (χ1) is 9.13. The van der Waals surface area contributed by atoms with E-state index in [-0.39, 0.29) is 0 Å². The van der Waals surface area contributed by atoms with Crippen molar-refractivity contribution in [3.63, 3.8) is 0 Å². The van der Waals surface area contributed by atoms with Gasteiger partial charge in [0.05, 0.1) is 6.61 Å². The molecule has 0 spiro atoms. The summed E-state index contributed by atoms with van der Waals surface area (Å²) >= 11 is 3.47. The lowest BCUT2D eigenvalue weighted by atomic mass is 10.1. The highest BCUT2D eigenvalue weighted by Gasteiger charge is 2.04. The van der Waals surface area contributed by atoms with E-state index in [0.717, 1.165) is 35.4 Å². The Kier molecular flexibility index (Phi) is 8.10. The lowest BCUT2D eigenvalue weighted by Crippen LogP contribution is -2.11. The Hall–Kier alpha value is -0.580. The van der Waals surface area contributed by atoms with Crippen molar-refractivity contribution in [1.29, 1.82) is 0 Å². The average molecular weight is 330 g/mol. The van der Waals surface area contributed by atoms with Crippen molar-refractivity contribution in [2.45, 2.75) is 26.8 Å². The van der Waals surface area contributed by atoms with Crippen LogP contribution in [0.25, 0.3) is 0 Å². The smallest absolute Gasteiger partial charge is 0.123 e. The molecular weight excluding hydrogens is 306 g/mol. The fourth-order valence-electron chi connectivity index (χ4n) is 1.65. The molecule has 1 N–H and O–H groups in total. The van der Waals surface area contributed by atoms with Gasteiger partial charge < -0.3 is 14.8 Å². The summed E-state index contributed by atoms with van der Waals surface area (Å²) in [7, 11) is 1.93. The van der Waals surface area contributed by atoms with Crippen LogP contribution in [0.2, 0.25) is 0 Å². The van der Waals surface area contributed by atoms with E-state index in [0.29, 0.717) is 19.1 Å². The molecule has 3 nitrogen and oxygen atoms in total. The van der Waals surface area contributed by atoms with Crippen LogP contribution in [0.3, 0.4) is 0 Å². The van der Waals surface area contributed by atoms with Crippen molar-refractivity contribution in [3.8, 4) is 5.75 Å². The largest absolute Gasteiger partial charge is 0.491 e. The van der Waals surface area contributed by atoms with Crippen LogP contribution in [-0.2, 0) is 11.3 Å². The number of hydrogen-bond acceptors (Lipinski definition) is 3. The van der Waals surface area contributed by atoms with Crippen LogP contribution >= 0.6 is 15.9 Å². The van der Waals surface area contributed by atoms with E-state index in [1.807, 2.05) is 19.2 Å². The molecule has 0 saturated heterocycles. The zero-order valence-corrected chi connectivity index (χ0v) is 13.6. The predicted octanol–water partition coefficient (Wildman–Crippen LogP) is 3.61. The third-order valence-electron chi connectivity index (χ3n) is 2.71. The summed E-state index contributed by atoms with van der Waals surface area (Å²) in [5.41, 5.74) is 1.15. The molecule has 0 saturated carbocycles. The number of ether oxygens (including phenoxy) is 2. The summed E-state index contributed by atoms with van der Waals surface area (Å²) in [6.07, 6.45) is 1.10.